The second kappa shape index (κ2) is 6.71. The van der Waals surface area contributed by atoms with Crippen LogP contribution < -0.4 is 5.32 Å². The van der Waals surface area contributed by atoms with Crippen molar-refractivity contribution in [1.82, 2.24) is 15.1 Å². The molecule has 1 N–H and O–H groups in total. The fraction of sp³-hybridized carbons (Fsp3) is 0.471. The van der Waals surface area contributed by atoms with Gasteiger partial charge in [0.2, 0.25) is 0 Å². The van der Waals surface area contributed by atoms with Gasteiger partial charge in [0, 0.05) is 19.1 Å². The molecule has 0 unspecified atom stereocenters. The number of rotatable bonds is 6. The molecule has 1 atom stereocenters. The van der Waals surface area contributed by atoms with Crippen LogP contribution in [0, 0.1) is 6.92 Å². The van der Waals surface area contributed by atoms with Crippen molar-refractivity contribution in [2.45, 2.75) is 53.2 Å². The van der Waals surface area contributed by atoms with Crippen molar-refractivity contribution in [2.24, 2.45) is 0 Å². The van der Waals surface area contributed by atoms with Gasteiger partial charge in [-0.05, 0) is 38.8 Å². The molecule has 3 nitrogen and oxygen atoms in total. The van der Waals surface area contributed by atoms with E-state index in [1.54, 1.807) is 0 Å². The maximum absolute atomic E-state index is 4.59. The highest BCUT2D eigenvalue weighted by Gasteiger charge is 2.08. The molecule has 0 aliphatic carbocycles. The predicted octanol–water partition coefficient (Wildman–Crippen LogP) is 3.62. The number of nitrogens with zero attached hydrogens (tertiary/aromatic N) is 2. The quantitative estimate of drug-likeness (QED) is 0.869. The molecule has 0 spiro atoms. The molecule has 0 aliphatic heterocycles. The lowest BCUT2D eigenvalue weighted by Crippen LogP contribution is -2.20. The van der Waals surface area contributed by atoms with Crippen molar-refractivity contribution in [3.05, 3.63) is 52.8 Å². The number of aryl methyl sites for hydroxylation is 3. The SMILES string of the molecule is CCc1cc(CN[C@H](C)c2ccc(C)cc2)n(CC)n1. The molecule has 3 heteroatoms. The summed E-state index contributed by atoms with van der Waals surface area (Å²) < 4.78 is 2.09. The van der Waals surface area contributed by atoms with Gasteiger partial charge in [0.1, 0.15) is 0 Å². The summed E-state index contributed by atoms with van der Waals surface area (Å²) in [6.07, 6.45) is 0.994. The summed E-state index contributed by atoms with van der Waals surface area (Å²) in [4.78, 5) is 0. The third-order valence-corrected chi connectivity index (χ3v) is 3.74. The van der Waals surface area contributed by atoms with E-state index in [0.717, 1.165) is 19.5 Å². The van der Waals surface area contributed by atoms with E-state index in [9.17, 15) is 0 Å². The minimum Gasteiger partial charge on any atom is -0.305 e. The highest BCUT2D eigenvalue weighted by atomic mass is 15.3. The van der Waals surface area contributed by atoms with E-state index in [4.69, 9.17) is 0 Å². The summed E-state index contributed by atoms with van der Waals surface area (Å²) in [5.41, 5.74) is 5.07. The Labute approximate surface area is 122 Å². The molecule has 0 amide bonds. The Balaban J connectivity index is 2.00. The van der Waals surface area contributed by atoms with Gasteiger partial charge < -0.3 is 5.32 Å². The molecular weight excluding hydrogens is 246 g/mol. The normalized spacial score (nSPS) is 12.6. The van der Waals surface area contributed by atoms with Crippen LogP contribution in [0.25, 0.3) is 0 Å². The molecule has 0 radical (unpaired) electrons. The van der Waals surface area contributed by atoms with Gasteiger partial charge in [-0.1, -0.05) is 36.8 Å². The summed E-state index contributed by atoms with van der Waals surface area (Å²) in [7, 11) is 0. The highest BCUT2D eigenvalue weighted by Crippen LogP contribution is 2.14. The lowest BCUT2D eigenvalue weighted by Gasteiger charge is -2.15. The van der Waals surface area contributed by atoms with Crippen LogP contribution in [-0.4, -0.2) is 9.78 Å². The molecule has 0 bridgehead atoms. The first-order valence-corrected chi connectivity index (χ1v) is 7.49. The number of hydrogen-bond donors (Lipinski definition) is 1. The Morgan fingerprint density at radius 3 is 2.50 bits per heavy atom. The third kappa shape index (κ3) is 3.48. The molecule has 20 heavy (non-hydrogen) atoms. The molecule has 1 aromatic carbocycles. The number of aromatic nitrogens is 2. The van der Waals surface area contributed by atoms with Crippen LogP contribution in [0.2, 0.25) is 0 Å². The molecule has 1 heterocycles. The minimum atomic E-state index is 0.348. The Kier molecular flexibility index (Phi) is 4.96. The van der Waals surface area contributed by atoms with Crippen molar-refractivity contribution < 1.29 is 0 Å². The zero-order valence-corrected chi connectivity index (χ0v) is 13.0. The van der Waals surface area contributed by atoms with Gasteiger partial charge >= 0.3 is 0 Å². The van der Waals surface area contributed by atoms with Crippen LogP contribution in [-0.2, 0) is 19.5 Å². The van der Waals surface area contributed by atoms with E-state index in [0.29, 0.717) is 6.04 Å². The van der Waals surface area contributed by atoms with E-state index in [-0.39, 0.29) is 0 Å². The fourth-order valence-corrected chi connectivity index (χ4v) is 2.33. The van der Waals surface area contributed by atoms with Gasteiger partial charge in [-0.2, -0.15) is 5.10 Å². The minimum absolute atomic E-state index is 0.348. The smallest absolute Gasteiger partial charge is 0.0625 e. The summed E-state index contributed by atoms with van der Waals surface area (Å²) in [6, 6.07) is 11.3. The van der Waals surface area contributed by atoms with Gasteiger partial charge in [0.05, 0.1) is 11.4 Å². The van der Waals surface area contributed by atoms with E-state index in [1.165, 1.54) is 22.5 Å². The molecule has 2 aromatic rings. The first-order chi connectivity index (χ1) is 9.63. The topological polar surface area (TPSA) is 29.9 Å². The third-order valence-electron chi connectivity index (χ3n) is 3.74. The van der Waals surface area contributed by atoms with Crippen molar-refractivity contribution in [1.29, 1.82) is 0 Å². The fourth-order valence-electron chi connectivity index (χ4n) is 2.33. The maximum Gasteiger partial charge on any atom is 0.0625 e. The van der Waals surface area contributed by atoms with E-state index in [2.05, 4.69) is 73.1 Å². The Morgan fingerprint density at radius 1 is 1.20 bits per heavy atom. The van der Waals surface area contributed by atoms with E-state index >= 15 is 0 Å². The second-order valence-corrected chi connectivity index (χ2v) is 5.31. The molecular formula is C17H25N3. The molecule has 2 rings (SSSR count). The van der Waals surface area contributed by atoms with Gasteiger partial charge in [-0.3, -0.25) is 4.68 Å². The van der Waals surface area contributed by atoms with Crippen LogP contribution in [0.1, 0.15) is 49.3 Å². The van der Waals surface area contributed by atoms with Gasteiger partial charge in [-0.25, -0.2) is 0 Å². The predicted molar refractivity (Wildman–Crippen MR) is 83.7 cm³/mol. The van der Waals surface area contributed by atoms with Crippen molar-refractivity contribution in [3.8, 4) is 0 Å². The molecule has 0 saturated carbocycles. The van der Waals surface area contributed by atoms with Gasteiger partial charge in [-0.15, -0.1) is 0 Å². The monoisotopic (exact) mass is 271 g/mol. The van der Waals surface area contributed by atoms with Crippen molar-refractivity contribution >= 4 is 0 Å². The average Bonchev–Trinajstić information content (AvgIpc) is 2.88. The highest BCUT2D eigenvalue weighted by molar-refractivity contribution is 5.23. The van der Waals surface area contributed by atoms with E-state index in [1.807, 2.05) is 0 Å². The standard InChI is InChI=1S/C17H25N3/c1-5-16-11-17(20(6-2)19-16)12-18-14(4)15-9-7-13(3)8-10-15/h7-11,14,18H,5-6,12H2,1-4H3/t14-/m1/s1. The molecule has 0 aliphatic rings. The first-order valence-electron chi connectivity index (χ1n) is 7.49. The largest absolute Gasteiger partial charge is 0.305 e. The average molecular weight is 271 g/mol. The van der Waals surface area contributed by atoms with Gasteiger partial charge in [0.15, 0.2) is 0 Å². The van der Waals surface area contributed by atoms with Crippen molar-refractivity contribution in [2.75, 3.05) is 0 Å². The molecule has 108 valence electrons. The van der Waals surface area contributed by atoms with Crippen LogP contribution in [0.15, 0.2) is 30.3 Å². The zero-order chi connectivity index (χ0) is 14.5. The van der Waals surface area contributed by atoms with Crippen LogP contribution in [0.4, 0.5) is 0 Å². The zero-order valence-electron chi connectivity index (χ0n) is 13.0. The lowest BCUT2D eigenvalue weighted by molar-refractivity contribution is 0.530. The molecule has 1 aromatic heterocycles. The second-order valence-electron chi connectivity index (χ2n) is 5.31. The van der Waals surface area contributed by atoms with Gasteiger partial charge in [0.25, 0.3) is 0 Å². The Hall–Kier alpha value is -1.61. The van der Waals surface area contributed by atoms with Crippen LogP contribution in [0.3, 0.4) is 0 Å². The summed E-state index contributed by atoms with van der Waals surface area (Å²) in [6.45, 7) is 10.4. The molecule has 0 saturated heterocycles. The summed E-state index contributed by atoms with van der Waals surface area (Å²) in [5, 5.41) is 8.17. The number of nitrogens with one attached hydrogen (secondary N) is 1. The summed E-state index contributed by atoms with van der Waals surface area (Å²) in [5.74, 6) is 0. The van der Waals surface area contributed by atoms with Crippen LogP contribution in [0.5, 0.6) is 0 Å². The summed E-state index contributed by atoms with van der Waals surface area (Å²) >= 11 is 0. The van der Waals surface area contributed by atoms with Crippen molar-refractivity contribution in [3.63, 3.8) is 0 Å². The first kappa shape index (κ1) is 14.8. The Morgan fingerprint density at radius 2 is 1.90 bits per heavy atom. The maximum atomic E-state index is 4.59. The van der Waals surface area contributed by atoms with E-state index < -0.39 is 0 Å². The number of hydrogen-bond acceptors (Lipinski definition) is 2. The van der Waals surface area contributed by atoms with Crippen LogP contribution >= 0.6 is 0 Å². The lowest BCUT2D eigenvalue weighted by atomic mass is 10.1. The molecule has 0 fully saturated rings. The number of benzene rings is 1. The Bertz CT molecular complexity index is 540.